The predicted octanol–water partition coefficient (Wildman–Crippen LogP) is 12.2. The molecule has 9 rings (SSSR count). The zero-order valence-electron chi connectivity index (χ0n) is 29.4. The summed E-state index contributed by atoms with van der Waals surface area (Å²) in [5, 5.41) is 11.0. The Hall–Kier alpha value is -6.56. The molecule has 1 unspecified atom stereocenters. The Labute approximate surface area is 308 Å². The number of nitrogens with zero attached hydrogens (tertiary/aromatic N) is 2. The van der Waals surface area contributed by atoms with Crippen LogP contribution in [0.25, 0.3) is 90.9 Å². The van der Waals surface area contributed by atoms with Crippen LogP contribution in [0.5, 0.6) is 0 Å². The van der Waals surface area contributed by atoms with Crippen LogP contribution < -0.4 is 0 Å². The van der Waals surface area contributed by atoms with Gasteiger partial charge in [0.15, 0.2) is 0 Å². The normalized spacial score (nSPS) is 12.6. The molecule has 2 aliphatic heterocycles. The van der Waals surface area contributed by atoms with Gasteiger partial charge in [-0.2, -0.15) is 0 Å². The van der Waals surface area contributed by atoms with Crippen LogP contribution in [0.1, 0.15) is 54.2 Å². The number of benzene rings is 4. The number of H-pyrrole nitrogens is 2. The Balaban J connectivity index is 1.44. The summed E-state index contributed by atoms with van der Waals surface area (Å²) in [7, 11) is 0. The van der Waals surface area contributed by atoms with Gasteiger partial charge in [-0.15, -0.1) is 0 Å². The highest BCUT2D eigenvalue weighted by Gasteiger charge is 2.19. The molecule has 0 saturated heterocycles. The molecule has 3 aromatic heterocycles. The summed E-state index contributed by atoms with van der Waals surface area (Å²) in [4.78, 5) is 18.2. The van der Waals surface area contributed by atoms with Crippen LogP contribution in [0.2, 0.25) is 0 Å². The number of rotatable bonds is 7. The number of aliphatic hydroxyl groups is 1. The molecule has 1 atom stereocenters. The molecule has 5 heteroatoms. The van der Waals surface area contributed by atoms with Crippen LogP contribution >= 0.6 is 0 Å². The predicted molar refractivity (Wildman–Crippen MR) is 220 cm³/mol. The molecule has 0 radical (unpaired) electrons. The van der Waals surface area contributed by atoms with Crippen LogP contribution in [-0.2, 0) is 0 Å². The highest BCUT2D eigenvalue weighted by Crippen LogP contribution is 2.39. The summed E-state index contributed by atoms with van der Waals surface area (Å²) < 4.78 is 0. The molecule has 2 aliphatic rings. The highest BCUT2D eigenvalue weighted by atomic mass is 16.3. The van der Waals surface area contributed by atoms with Crippen LogP contribution in [0.4, 0.5) is 0 Å². The maximum absolute atomic E-state index is 11.0. The van der Waals surface area contributed by atoms with E-state index in [1.165, 1.54) is 0 Å². The molecule has 5 nitrogen and oxygen atoms in total. The van der Waals surface area contributed by atoms with E-state index < -0.39 is 6.10 Å². The zero-order chi connectivity index (χ0) is 35.7. The van der Waals surface area contributed by atoms with Gasteiger partial charge in [0.2, 0.25) is 0 Å². The van der Waals surface area contributed by atoms with E-state index in [0.29, 0.717) is 6.42 Å². The van der Waals surface area contributed by atoms with Gasteiger partial charge < -0.3 is 15.1 Å². The van der Waals surface area contributed by atoms with Gasteiger partial charge in [-0.1, -0.05) is 123 Å². The first-order valence-electron chi connectivity index (χ1n) is 18.2. The van der Waals surface area contributed by atoms with Gasteiger partial charge >= 0.3 is 0 Å². The summed E-state index contributed by atoms with van der Waals surface area (Å²) in [6.07, 6.45) is 9.52. The van der Waals surface area contributed by atoms with E-state index in [1.54, 1.807) is 0 Å². The molecule has 0 saturated carbocycles. The Kier molecular flexibility index (Phi) is 8.47. The average molecular weight is 687 g/mol. The third-order valence-corrected chi connectivity index (χ3v) is 10.0. The fourth-order valence-corrected chi connectivity index (χ4v) is 7.53. The van der Waals surface area contributed by atoms with Gasteiger partial charge in [0.25, 0.3) is 0 Å². The van der Waals surface area contributed by atoms with E-state index in [9.17, 15) is 5.11 Å². The maximum Gasteiger partial charge on any atom is 0.0790 e. The smallest absolute Gasteiger partial charge is 0.0790 e. The van der Waals surface area contributed by atoms with Crippen molar-refractivity contribution in [3.05, 3.63) is 168 Å². The molecule has 4 aromatic carbocycles. The van der Waals surface area contributed by atoms with Gasteiger partial charge in [0, 0.05) is 38.8 Å². The molecule has 53 heavy (non-hydrogen) atoms. The van der Waals surface area contributed by atoms with Crippen molar-refractivity contribution in [2.24, 2.45) is 0 Å². The molecule has 0 amide bonds. The quantitative estimate of drug-likeness (QED) is 0.156. The van der Waals surface area contributed by atoms with E-state index >= 15 is 0 Å². The molecule has 8 bridgehead atoms. The van der Waals surface area contributed by atoms with E-state index in [0.717, 1.165) is 101 Å². The maximum atomic E-state index is 11.0. The number of nitrogens with one attached hydrogen (secondary N) is 2. The summed E-state index contributed by atoms with van der Waals surface area (Å²) in [5.74, 6) is 0. The Morgan fingerprint density at radius 1 is 0.528 bits per heavy atom. The highest BCUT2D eigenvalue weighted by molar-refractivity contribution is 6.01. The van der Waals surface area contributed by atoms with Gasteiger partial charge in [-0.25, -0.2) is 9.97 Å². The van der Waals surface area contributed by atoms with Crippen molar-refractivity contribution in [2.75, 3.05) is 0 Å². The van der Waals surface area contributed by atoms with Crippen LogP contribution in [0.15, 0.2) is 140 Å². The number of hydrogen-bond donors (Lipinski definition) is 3. The molecule has 256 valence electrons. The monoisotopic (exact) mass is 686 g/mol. The van der Waals surface area contributed by atoms with Crippen LogP contribution in [0, 0.1) is 0 Å². The molecule has 7 aromatic rings. The second-order valence-corrected chi connectivity index (χ2v) is 13.6. The second kappa shape index (κ2) is 13.9. The van der Waals surface area contributed by atoms with Gasteiger partial charge in [0.05, 0.1) is 34.4 Å². The lowest BCUT2D eigenvalue weighted by Gasteiger charge is -2.12. The second-order valence-electron chi connectivity index (χ2n) is 13.6. The minimum Gasteiger partial charge on any atom is -0.388 e. The van der Waals surface area contributed by atoms with Crippen molar-refractivity contribution in [3.8, 4) is 44.5 Å². The summed E-state index contributed by atoms with van der Waals surface area (Å²) in [6, 6.07) is 48.3. The third kappa shape index (κ3) is 6.22. The minimum atomic E-state index is -0.526. The number of aromatic nitrogens is 4. The fourth-order valence-electron chi connectivity index (χ4n) is 7.53. The molecule has 3 N–H and O–H groups in total. The topological polar surface area (TPSA) is 77.6 Å². The van der Waals surface area contributed by atoms with Gasteiger partial charge in [-0.05, 0) is 88.9 Å². The van der Waals surface area contributed by atoms with Gasteiger partial charge in [-0.3, -0.25) is 0 Å². The molecular formula is C48H38N4O. The lowest BCUT2D eigenvalue weighted by molar-refractivity contribution is 0.166. The van der Waals surface area contributed by atoms with Crippen molar-refractivity contribution in [1.82, 2.24) is 19.9 Å². The van der Waals surface area contributed by atoms with Gasteiger partial charge in [0.1, 0.15) is 0 Å². The van der Waals surface area contributed by atoms with E-state index in [4.69, 9.17) is 9.97 Å². The zero-order valence-corrected chi connectivity index (χ0v) is 29.4. The van der Waals surface area contributed by atoms with Crippen molar-refractivity contribution in [2.45, 2.75) is 25.9 Å². The number of aliphatic hydroxyl groups excluding tert-OH is 1. The number of fused-ring (bicyclic) bond motifs is 8. The van der Waals surface area contributed by atoms with E-state index in [1.807, 2.05) is 30.3 Å². The summed E-state index contributed by atoms with van der Waals surface area (Å²) in [5.41, 5.74) is 16.5. The SMILES string of the molecule is CCCC(O)c1cccc(-c2cc3cc4nc(c(-c5ccccc5)c5ccc([nH]5)c(-c5ccccc5)c5nc(c(-c6ccccc6)c2[nH]3)C=C5)C=C4)c1. The first-order valence-corrected chi connectivity index (χ1v) is 18.2. The third-order valence-electron chi connectivity index (χ3n) is 10.0. The van der Waals surface area contributed by atoms with Crippen LogP contribution in [0.3, 0.4) is 0 Å². The Bertz CT molecular complexity index is 2690. The molecule has 0 aliphatic carbocycles. The largest absolute Gasteiger partial charge is 0.388 e. The summed E-state index contributed by atoms with van der Waals surface area (Å²) >= 11 is 0. The van der Waals surface area contributed by atoms with Crippen molar-refractivity contribution < 1.29 is 5.11 Å². The van der Waals surface area contributed by atoms with Crippen molar-refractivity contribution >= 4 is 46.4 Å². The molecular weight excluding hydrogens is 649 g/mol. The molecule has 5 heterocycles. The lowest BCUT2D eigenvalue weighted by Crippen LogP contribution is -1.96. The Morgan fingerprint density at radius 3 is 1.70 bits per heavy atom. The van der Waals surface area contributed by atoms with Crippen molar-refractivity contribution in [1.29, 1.82) is 0 Å². The van der Waals surface area contributed by atoms with Crippen molar-refractivity contribution in [3.63, 3.8) is 0 Å². The number of hydrogen-bond acceptors (Lipinski definition) is 3. The first kappa shape index (κ1) is 32.4. The first-order chi connectivity index (χ1) is 26.1. The minimum absolute atomic E-state index is 0.526. The molecule has 0 spiro atoms. The number of aromatic amines is 2. The van der Waals surface area contributed by atoms with E-state index in [2.05, 4.69) is 150 Å². The van der Waals surface area contributed by atoms with Crippen LogP contribution in [-0.4, -0.2) is 25.0 Å². The Morgan fingerprint density at radius 2 is 1.08 bits per heavy atom. The lowest BCUT2D eigenvalue weighted by atomic mass is 9.96. The standard InChI is InChI=1S/C48H38N4O/c1-2-13-44(53)35-21-12-20-34(28-35)38-30-37-29-36-22-23-39(49-36)45(31-14-6-3-7-15-31)40-24-25-41(51-40)46(32-16-8-4-9-17-32)42-26-27-43(52-42)47(48(38)50-37)33-18-10-5-11-19-33/h3-12,14-30,44,50-51,53H,2,13H2,1H3. The average Bonchev–Trinajstić information content (AvgIpc) is 4.03. The van der Waals surface area contributed by atoms with E-state index in [-0.39, 0.29) is 0 Å². The molecule has 0 fully saturated rings. The fraction of sp³-hybridized carbons (Fsp3) is 0.0833. The summed E-state index contributed by atoms with van der Waals surface area (Å²) in [6.45, 7) is 2.10.